The van der Waals surface area contributed by atoms with E-state index >= 15 is 0 Å². The monoisotopic (exact) mass is 310 g/mol. The lowest BCUT2D eigenvalue weighted by Crippen LogP contribution is -2.03. The van der Waals surface area contributed by atoms with Crippen molar-refractivity contribution in [3.63, 3.8) is 0 Å². The summed E-state index contributed by atoms with van der Waals surface area (Å²) in [4.78, 5) is 0. The lowest BCUT2D eigenvalue weighted by atomic mass is 10.0. The van der Waals surface area contributed by atoms with E-state index in [1.54, 1.807) is 0 Å². The summed E-state index contributed by atoms with van der Waals surface area (Å²) in [6.07, 6.45) is -0.926. The highest BCUT2D eigenvalue weighted by molar-refractivity contribution is 5.78. The van der Waals surface area contributed by atoms with Crippen LogP contribution in [0.15, 0.2) is 0 Å². The Morgan fingerprint density at radius 3 is 1.00 bits per heavy atom. The lowest BCUT2D eigenvalue weighted by molar-refractivity contribution is 0.406. The highest BCUT2D eigenvalue weighted by Gasteiger charge is 2.38. The molecule has 1 aliphatic rings. The largest absolute Gasteiger partial charge is 0.203 e. The summed E-state index contributed by atoms with van der Waals surface area (Å²) < 4.78 is 107. The van der Waals surface area contributed by atoms with E-state index in [2.05, 4.69) is 0 Å². The zero-order valence-corrected chi connectivity index (χ0v) is 9.73. The van der Waals surface area contributed by atoms with Gasteiger partial charge in [-0.05, 0) is 0 Å². The second kappa shape index (κ2) is 4.19. The van der Waals surface area contributed by atoms with Crippen LogP contribution < -0.4 is 0 Å². The molecule has 8 heteroatoms. The first kappa shape index (κ1) is 13.8. The van der Waals surface area contributed by atoms with Crippen molar-refractivity contribution in [3.05, 3.63) is 57.7 Å². The van der Waals surface area contributed by atoms with Gasteiger partial charge < -0.3 is 0 Å². The van der Waals surface area contributed by atoms with Crippen molar-refractivity contribution < 1.29 is 35.1 Å². The summed E-state index contributed by atoms with van der Waals surface area (Å²) >= 11 is 0. The van der Waals surface area contributed by atoms with Crippen molar-refractivity contribution in [3.8, 4) is 11.1 Å². The molecule has 110 valence electrons. The molecule has 0 amide bonds. The second-order valence-corrected chi connectivity index (χ2v) is 4.40. The third-order valence-corrected chi connectivity index (χ3v) is 3.33. The minimum Gasteiger partial charge on any atom is -0.203 e. The number of benzene rings is 2. The third-order valence-electron chi connectivity index (χ3n) is 3.33. The normalized spacial score (nSPS) is 12.6. The fourth-order valence-corrected chi connectivity index (χ4v) is 2.38. The number of halogens is 8. The van der Waals surface area contributed by atoms with E-state index in [-0.39, 0.29) is 0 Å². The highest BCUT2D eigenvalue weighted by atomic mass is 19.2. The summed E-state index contributed by atoms with van der Waals surface area (Å²) in [6, 6.07) is 0. The van der Waals surface area contributed by atoms with Crippen LogP contribution in [0.25, 0.3) is 11.1 Å². The van der Waals surface area contributed by atoms with E-state index in [1.165, 1.54) is 0 Å². The van der Waals surface area contributed by atoms with Crippen molar-refractivity contribution in [2.75, 3.05) is 0 Å². The first-order chi connectivity index (χ1) is 9.77. The molecule has 0 atom stereocenters. The molecule has 0 spiro atoms. The maximum Gasteiger partial charge on any atom is 0.198 e. The van der Waals surface area contributed by atoms with Gasteiger partial charge in [0.2, 0.25) is 0 Å². The van der Waals surface area contributed by atoms with E-state index < -0.39 is 75.2 Å². The predicted molar refractivity (Wildman–Crippen MR) is 54.3 cm³/mol. The average molecular weight is 310 g/mol. The molecular formula is C13H2F8. The van der Waals surface area contributed by atoms with Gasteiger partial charge in [-0.15, -0.1) is 0 Å². The Kier molecular flexibility index (Phi) is 2.76. The molecule has 0 nitrogen and oxygen atoms in total. The van der Waals surface area contributed by atoms with Crippen molar-refractivity contribution in [2.24, 2.45) is 0 Å². The molecule has 1 aliphatic carbocycles. The van der Waals surface area contributed by atoms with E-state index in [1.807, 2.05) is 0 Å². The van der Waals surface area contributed by atoms with Crippen LogP contribution in [-0.4, -0.2) is 0 Å². The van der Waals surface area contributed by atoms with Crippen LogP contribution in [0.1, 0.15) is 11.1 Å². The van der Waals surface area contributed by atoms with E-state index in [9.17, 15) is 35.1 Å². The Bertz CT molecular complexity index is 742. The van der Waals surface area contributed by atoms with Gasteiger partial charge in [-0.2, -0.15) is 0 Å². The Balaban J connectivity index is 2.49. The maximum absolute atomic E-state index is 13.7. The fourth-order valence-electron chi connectivity index (χ4n) is 2.38. The molecule has 2 aromatic carbocycles. The van der Waals surface area contributed by atoms with Crippen molar-refractivity contribution in [1.29, 1.82) is 0 Å². The van der Waals surface area contributed by atoms with Crippen LogP contribution in [0.2, 0.25) is 0 Å². The van der Waals surface area contributed by atoms with Crippen LogP contribution in [0.4, 0.5) is 35.1 Å². The molecule has 0 saturated heterocycles. The van der Waals surface area contributed by atoms with Crippen LogP contribution in [0.5, 0.6) is 0 Å². The number of hydrogen-bond acceptors (Lipinski definition) is 0. The fraction of sp³-hybridized carbons (Fsp3) is 0.0769. The van der Waals surface area contributed by atoms with Crippen molar-refractivity contribution in [2.45, 2.75) is 6.42 Å². The van der Waals surface area contributed by atoms with Gasteiger partial charge in [0.1, 0.15) is 0 Å². The van der Waals surface area contributed by atoms with Gasteiger partial charge in [-0.1, -0.05) is 0 Å². The van der Waals surface area contributed by atoms with Crippen LogP contribution in [0, 0.1) is 46.5 Å². The molecule has 0 N–H and O–H groups in total. The van der Waals surface area contributed by atoms with Gasteiger partial charge in [-0.3, -0.25) is 0 Å². The van der Waals surface area contributed by atoms with E-state index in [0.29, 0.717) is 0 Å². The van der Waals surface area contributed by atoms with E-state index in [4.69, 9.17) is 0 Å². The molecule has 2 aromatic rings. The molecular weight excluding hydrogens is 308 g/mol. The molecule has 3 rings (SSSR count). The highest BCUT2D eigenvalue weighted by Crippen LogP contribution is 2.45. The zero-order valence-electron chi connectivity index (χ0n) is 9.73. The Labute approximate surface area is 111 Å². The lowest BCUT2D eigenvalue weighted by Gasteiger charge is -2.08. The molecule has 0 saturated carbocycles. The molecule has 0 aromatic heterocycles. The Hall–Kier alpha value is -2.12. The standard InChI is InChI=1S/C13H2F8/c14-6-2-1-3-5(4(2)8(16)12(20)10(6)18)9(17)13(21)11(19)7(3)15/h1H2. The first-order valence-corrected chi connectivity index (χ1v) is 5.47. The summed E-state index contributed by atoms with van der Waals surface area (Å²) in [6.45, 7) is 0. The summed E-state index contributed by atoms with van der Waals surface area (Å²) in [5, 5.41) is 0. The first-order valence-electron chi connectivity index (χ1n) is 5.47. The molecule has 0 fully saturated rings. The predicted octanol–water partition coefficient (Wildman–Crippen LogP) is 4.37. The molecule has 0 bridgehead atoms. The third kappa shape index (κ3) is 1.55. The van der Waals surface area contributed by atoms with E-state index in [0.717, 1.165) is 0 Å². The number of fused-ring (bicyclic) bond motifs is 3. The van der Waals surface area contributed by atoms with Crippen LogP contribution >= 0.6 is 0 Å². The minimum absolute atomic E-state index is 0.899. The van der Waals surface area contributed by atoms with Crippen molar-refractivity contribution >= 4 is 0 Å². The number of rotatable bonds is 0. The average Bonchev–Trinajstić information content (AvgIpc) is 2.87. The molecule has 0 radical (unpaired) electrons. The van der Waals surface area contributed by atoms with Gasteiger partial charge in [0.15, 0.2) is 46.5 Å². The van der Waals surface area contributed by atoms with Crippen LogP contribution in [-0.2, 0) is 6.42 Å². The molecule has 0 unspecified atom stereocenters. The topological polar surface area (TPSA) is 0 Å². The van der Waals surface area contributed by atoms with Gasteiger partial charge in [0, 0.05) is 28.7 Å². The quantitative estimate of drug-likeness (QED) is 0.328. The Morgan fingerprint density at radius 1 is 0.381 bits per heavy atom. The zero-order chi connectivity index (χ0) is 15.6. The number of hydrogen-bond donors (Lipinski definition) is 0. The summed E-state index contributed by atoms with van der Waals surface area (Å²) in [7, 11) is 0. The smallest absolute Gasteiger partial charge is 0.198 e. The van der Waals surface area contributed by atoms with Crippen LogP contribution in [0.3, 0.4) is 0 Å². The van der Waals surface area contributed by atoms with Crippen molar-refractivity contribution in [1.82, 2.24) is 0 Å². The molecule has 0 heterocycles. The minimum atomic E-state index is -2.25. The van der Waals surface area contributed by atoms with Gasteiger partial charge in [-0.25, -0.2) is 35.1 Å². The van der Waals surface area contributed by atoms with Gasteiger partial charge in [0.25, 0.3) is 0 Å². The Morgan fingerprint density at radius 2 is 0.667 bits per heavy atom. The molecule has 21 heavy (non-hydrogen) atoms. The molecule has 0 aliphatic heterocycles. The second-order valence-electron chi connectivity index (χ2n) is 4.40. The summed E-state index contributed by atoms with van der Waals surface area (Å²) in [5.41, 5.74) is -4.08. The summed E-state index contributed by atoms with van der Waals surface area (Å²) in [5.74, 6) is -16.5. The maximum atomic E-state index is 13.7. The van der Waals surface area contributed by atoms with Gasteiger partial charge in [0.05, 0.1) is 0 Å². The SMILES string of the molecule is Fc1c(F)c(F)c2c(c1F)Cc1c(F)c(F)c(F)c(F)c1-2. The van der Waals surface area contributed by atoms with Gasteiger partial charge >= 0.3 is 0 Å².